The lowest BCUT2D eigenvalue weighted by atomic mass is 10.5. The maximum absolute atomic E-state index is 5.46. The van der Waals surface area contributed by atoms with Crippen LogP contribution in [0, 0.1) is 5.92 Å². The lowest BCUT2D eigenvalue weighted by molar-refractivity contribution is 0.0692. The Morgan fingerprint density at radius 1 is 1.27 bits per heavy atom. The van der Waals surface area contributed by atoms with Crippen LogP contribution >= 0.6 is 0 Å². The predicted molar refractivity (Wildman–Crippen MR) is 43.1 cm³/mol. The highest BCUT2D eigenvalue weighted by Crippen LogP contribution is 2.28. The van der Waals surface area contributed by atoms with Crippen LogP contribution in [0.5, 0.6) is 0 Å². The quantitative estimate of drug-likeness (QED) is 0.640. The van der Waals surface area contributed by atoms with Crippen LogP contribution in [0.3, 0.4) is 0 Å². The van der Waals surface area contributed by atoms with Gasteiger partial charge < -0.3 is 9.30 Å². The molecule has 0 N–H and O–H groups in total. The molecule has 0 radical (unpaired) electrons. The summed E-state index contributed by atoms with van der Waals surface area (Å²) in [6, 6.07) is 4.03. The van der Waals surface area contributed by atoms with Gasteiger partial charge in [-0.25, -0.2) is 0 Å². The molecule has 0 atom stereocenters. The van der Waals surface area contributed by atoms with Gasteiger partial charge in [-0.3, -0.25) is 0 Å². The van der Waals surface area contributed by atoms with E-state index in [1.54, 1.807) is 0 Å². The molecule has 1 aromatic heterocycles. The monoisotopic (exact) mass is 151 g/mol. The molecule has 60 valence electrons. The van der Waals surface area contributed by atoms with Crippen molar-refractivity contribution < 1.29 is 4.74 Å². The number of hydrogen-bond acceptors (Lipinski definition) is 1. The van der Waals surface area contributed by atoms with Gasteiger partial charge in [0.2, 0.25) is 0 Å². The summed E-state index contributed by atoms with van der Waals surface area (Å²) in [5, 5.41) is 0. The van der Waals surface area contributed by atoms with E-state index in [9.17, 15) is 0 Å². The van der Waals surface area contributed by atoms with Crippen molar-refractivity contribution >= 4 is 0 Å². The zero-order valence-electron chi connectivity index (χ0n) is 6.57. The zero-order chi connectivity index (χ0) is 7.52. The van der Waals surface area contributed by atoms with E-state index in [0.717, 1.165) is 12.5 Å². The van der Waals surface area contributed by atoms with Gasteiger partial charge in [-0.1, -0.05) is 0 Å². The Morgan fingerprint density at radius 2 is 2.00 bits per heavy atom. The van der Waals surface area contributed by atoms with Crippen LogP contribution in [0.2, 0.25) is 0 Å². The molecule has 0 amide bonds. The van der Waals surface area contributed by atoms with E-state index in [2.05, 4.69) is 0 Å². The Balaban J connectivity index is 1.66. The Labute approximate surface area is 66.8 Å². The fraction of sp³-hybridized carbons (Fsp3) is 0.556. The van der Waals surface area contributed by atoms with Gasteiger partial charge >= 0.3 is 0 Å². The number of nitrogens with zero attached hydrogens (tertiary/aromatic N) is 1. The lowest BCUT2D eigenvalue weighted by Gasteiger charge is -2.02. The van der Waals surface area contributed by atoms with Gasteiger partial charge in [0.05, 0.1) is 6.61 Å². The van der Waals surface area contributed by atoms with Crippen molar-refractivity contribution in [2.45, 2.75) is 19.6 Å². The van der Waals surface area contributed by atoms with Crippen LogP contribution in [0.15, 0.2) is 24.5 Å². The van der Waals surface area contributed by atoms with Crippen LogP contribution in [0.4, 0.5) is 0 Å². The average Bonchev–Trinajstić information content (AvgIpc) is 2.66. The summed E-state index contributed by atoms with van der Waals surface area (Å²) in [7, 11) is 0. The highest BCUT2D eigenvalue weighted by Gasteiger charge is 2.20. The molecule has 0 aromatic carbocycles. The molecule has 1 aromatic rings. The molecule has 0 aliphatic heterocycles. The third kappa shape index (κ3) is 2.09. The van der Waals surface area contributed by atoms with Gasteiger partial charge in [0, 0.05) is 12.4 Å². The fourth-order valence-corrected chi connectivity index (χ4v) is 1.07. The molecular formula is C9H13NO. The van der Waals surface area contributed by atoms with Gasteiger partial charge in [0.1, 0.15) is 6.73 Å². The van der Waals surface area contributed by atoms with Crippen molar-refractivity contribution in [3.05, 3.63) is 24.5 Å². The minimum Gasteiger partial charge on any atom is -0.361 e. The largest absolute Gasteiger partial charge is 0.361 e. The summed E-state index contributed by atoms with van der Waals surface area (Å²) in [5.74, 6) is 0.866. The maximum Gasteiger partial charge on any atom is 0.122 e. The third-order valence-electron chi connectivity index (χ3n) is 1.96. The van der Waals surface area contributed by atoms with E-state index in [4.69, 9.17) is 4.74 Å². The molecule has 0 saturated heterocycles. The molecule has 2 heteroatoms. The highest BCUT2D eigenvalue weighted by atomic mass is 16.5. The van der Waals surface area contributed by atoms with Crippen LogP contribution in [-0.4, -0.2) is 11.2 Å². The van der Waals surface area contributed by atoms with Crippen molar-refractivity contribution in [2.24, 2.45) is 5.92 Å². The molecule has 2 nitrogen and oxygen atoms in total. The van der Waals surface area contributed by atoms with Gasteiger partial charge in [0.25, 0.3) is 0 Å². The summed E-state index contributed by atoms with van der Waals surface area (Å²) in [6.45, 7) is 1.65. The molecule has 1 aliphatic carbocycles. The standard InChI is InChI=1S/C9H13NO/c1-2-6-10(5-1)8-11-7-9-3-4-9/h1-2,5-6,9H,3-4,7-8H2. The first-order valence-corrected chi connectivity index (χ1v) is 4.13. The number of hydrogen-bond donors (Lipinski definition) is 0. The predicted octanol–water partition coefficient (Wildman–Crippen LogP) is 1.87. The Bertz CT molecular complexity index is 201. The number of rotatable bonds is 4. The van der Waals surface area contributed by atoms with Crippen molar-refractivity contribution in [2.75, 3.05) is 6.61 Å². The SMILES string of the molecule is c1ccn(COCC2CC2)c1. The van der Waals surface area contributed by atoms with E-state index in [0.29, 0.717) is 6.73 Å². The second kappa shape index (κ2) is 3.09. The van der Waals surface area contributed by atoms with Gasteiger partial charge in [-0.15, -0.1) is 0 Å². The Kier molecular flexibility index (Phi) is 1.95. The van der Waals surface area contributed by atoms with Crippen LogP contribution < -0.4 is 0 Å². The molecule has 2 rings (SSSR count). The fourth-order valence-electron chi connectivity index (χ4n) is 1.07. The number of ether oxygens (including phenoxy) is 1. The Hall–Kier alpha value is -0.760. The molecule has 11 heavy (non-hydrogen) atoms. The van der Waals surface area contributed by atoms with Crippen LogP contribution in [0.1, 0.15) is 12.8 Å². The van der Waals surface area contributed by atoms with E-state index in [1.807, 2.05) is 29.1 Å². The molecule has 1 heterocycles. The van der Waals surface area contributed by atoms with E-state index < -0.39 is 0 Å². The summed E-state index contributed by atoms with van der Waals surface area (Å²) in [5.41, 5.74) is 0. The first-order chi connectivity index (χ1) is 5.45. The maximum atomic E-state index is 5.46. The van der Waals surface area contributed by atoms with Crippen molar-refractivity contribution in [1.29, 1.82) is 0 Å². The minimum absolute atomic E-state index is 0.712. The first kappa shape index (κ1) is 6.92. The lowest BCUT2D eigenvalue weighted by Crippen LogP contribution is -2.01. The Morgan fingerprint density at radius 3 is 2.64 bits per heavy atom. The molecule has 0 spiro atoms. The summed E-state index contributed by atoms with van der Waals surface area (Å²) in [4.78, 5) is 0. The third-order valence-corrected chi connectivity index (χ3v) is 1.96. The van der Waals surface area contributed by atoms with E-state index in [1.165, 1.54) is 12.8 Å². The summed E-state index contributed by atoms with van der Waals surface area (Å²) >= 11 is 0. The van der Waals surface area contributed by atoms with E-state index in [-0.39, 0.29) is 0 Å². The van der Waals surface area contributed by atoms with Crippen LogP contribution in [-0.2, 0) is 11.5 Å². The van der Waals surface area contributed by atoms with Gasteiger partial charge in [-0.2, -0.15) is 0 Å². The van der Waals surface area contributed by atoms with Gasteiger partial charge in [0.15, 0.2) is 0 Å². The second-order valence-corrected chi connectivity index (χ2v) is 3.14. The van der Waals surface area contributed by atoms with Crippen LogP contribution in [0.25, 0.3) is 0 Å². The summed E-state index contributed by atoms with van der Waals surface area (Å²) in [6.07, 6.45) is 6.77. The highest BCUT2D eigenvalue weighted by molar-refractivity contribution is 4.89. The molecule has 1 fully saturated rings. The van der Waals surface area contributed by atoms with Crippen molar-refractivity contribution in [1.82, 2.24) is 4.57 Å². The normalized spacial score (nSPS) is 17.1. The number of aromatic nitrogens is 1. The van der Waals surface area contributed by atoms with Crippen molar-refractivity contribution in [3.63, 3.8) is 0 Å². The zero-order valence-corrected chi connectivity index (χ0v) is 6.57. The smallest absolute Gasteiger partial charge is 0.122 e. The molecular weight excluding hydrogens is 138 g/mol. The molecule has 1 aliphatic rings. The molecule has 0 unspecified atom stereocenters. The van der Waals surface area contributed by atoms with Gasteiger partial charge in [-0.05, 0) is 30.9 Å². The second-order valence-electron chi connectivity index (χ2n) is 3.14. The van der Waals surface area contributed by atoms with E-state index >= 15 is 0 Å². The van der Waals surface area contributed by atoms with Crippen molar-refractivity contribution in [3.8, 4) is 0 Å². The average molecular weight is 151 g/mol. The minimum atomic E-state index is 0.712. The molecule has 0 bridgehead atoms. The topological polar surface area (TPSA) is 14.2 Å². The summed E-state index contributed by atoms with van der Waals surface area (Å²) < 4.78 is 7.51. The molecule has 1 saturated carbocycles. The first-order valence-electron chi connectivity index (χ1n) is 4.13.